The van der Waals surface area contributed by atoms with Gasteiger partial charge in [-0.3, -0.25) is 0 Å². The van der Waals surface area contributed by atoms with Gasteiger partial charge in [-0.25, -0.2) is 9.97 Å². The third kappa shape index (κ3) is 1.49. The average Bonchev–Trinajstić information content (AvgIpc) is 2.37. The van der Waals surface area contributed by atoms with Gasteiger partial charge >= 0.3 is 0 Å². The van der Waals surface area contributed by atoms with Crippen LogP contribution in [0, 0.1) is 17.8 Å². The molecule has 18 heavy (non-hydrogen) atoms. The van der Waals surface area contributed by atoms with Crippen LogP contribution in [0.25, 0.3) is 0 Å². The molecule has 96 valence electrons. The molecule has 0 spiro atoms. The van der Waals surface area contributed by atoms with Crippen LogP contribution in [0.4, 0.5) is 5.82 Å². The third-order valence-corrected chi connectivity index (χ3v) is 5.42. The predicted octanol–water partition coefficient (Wildman–Crippen LogP) is 2.99. The smallest absolute Gasteiger partial charge is 0.136 e. The summed E-state index contributed by atoms with van der Waals surface area (Å²) in [5, 5.41) is 3.15. The molecule has 4 fully saturated rings. The van der Waals surface area contributed by atoms with Crippen LogP contribution >= 0.6 is 0 Å². The zero-order valence-electron chi connectivity index (χ0n) is 11.0. The minimum absolute atomic E-state index is 0.321. The van der Waals surface area contributed by atoms with Crippen molar-refractivity contribution in [2.24, 2.45) is 17.8 Å². The average molecular weight is 243 g/mol. The molecule has 0 aromatic carbocycles. The van der Waals surface area contributed by atoms with Gasteiger partial charge in [-0.2, -0.15) is 0 Å². The third-order valence-electron chi connectivity index (χ3n) is 5.42. The Morgan fingerprint density at radius 3 is 2.28 bits per heavy atom. The van der Waals surface area contributed by atoms with Crippen molar-refractivity contribution >= 4 is 5.82 Å². The lowest BCUT2D eigenvalue weighted by atomic mass is 9.49. The molecular weight excluding hydrogens is 222 g/mol. The molecule has 1 aromatic rings. The molecule has 0 amide bonds. The van der Waals surface area contributed by atoms with Crippen LogP contribution in [0.5, 0.6) is 0 Å². The molecule has 4 bridgehead atoms. The molecule has 0 unspecified atom stereocenters. The molecule has 1 aromatic heterocycles. The Balaban J connectivity index is 1.74. The van der Waals surface area contributed by atoms with Crippen molar-refractivity contribution in [3.05, 3.63) is 18.1 Å². The summed E-state index contributed by atoms with van der Waals surface area (Å²) in [6, 6.07) is 1.96. The maximum atomic E-state index is 4.76. The van der Waals surface area contributed by atoms with E-state index in [1.54, 1.807) is 0 Å². The number of rotatable bonds is 2. The van der Waals surface area contributed by atoms with Crippen molar-refractivity contribution in [2.75, 3.05) is 12.4 Å². The Bertz CT molecular complexity index is 433. The molecule has 3 heteroatoms. The topological polar surface area (TPSA) is 37.8 Å². The molecule has 1 heterocycles. The fourth-order valence-corrected chi connectivity index (χ4v) is 5.14. The van der Waals surface area contributed by atoms with Gasteiger partial charge < -0.3 is 5.32 Å². The first kappa shape index (κ1) is 10.8. The lowest BCUT2D eigenvalue weighted by Crippen LogP contribution is -2.49. The van der Waals surface area contributed by atoms with Crippen molar-refractivity contribution < 1.29 is 0 Å². The van der Waals surface area contributed by atoms with Crippen LogP contribution < -0.4 is 5.32 Å². The first-order chi connectivity index (χ1) is 8.77. The van der Waals surface area contributed by atoms with Gasteiger partial charge in [-0.15, -0.1) is 0 Å². The van der Waals surface area contributed by atoms with Crippen molar-refractivity contribution in [2.45, 2.75) is 43.9 Å². The molecular formula is C15H21N3. The molecule has 4 saturated carbocycles. The molecule has 0 atom stereocenters. The van der Waals surface area contributed by atoms with Gasteiger partial charge in [-0.05, 0) is 62.3 Å². The number of nitrogens with one attached hydrogen (secondary N) is 1. The highest BCUT2D eigenvalue weighted by molar-refractivity contribution is 5.33. The van der Waals surface area contributed by atoms with Crippen LogP contribution in [0.2, 0.25) is 0 Å². The maximum absolute atomic E-state index is 4.76. The Hall–Kier alpha value is -1.12. The van der Waals surface area contributed by atoms with Crippen LogP contribution in [-0.4, -0.2) is 17.0 Å². The van der Waals surface area contributed by atoms with E-state index in [4.69, 9.17) is 4.98 Å². The number of nitrogens with zero attached hydrogens (tertiary/aromatic N) is 2. The first-order valence-electron chi connectivity index (χ1n) is 7.29. The number of hydrogen-bond donors (Lipinski definition) is 1. The highest BCUT2D eigenvalue weighted by Crippen LogP contribution is 2.60. The molecule has 0 radical (unpaired) electrons. The van der Waals surface area contributed by atoms with Gasteiger partial charge in [0.15, 0.2) is 0 Å². The minimum Gasteiger partial charge on any atom is -0.373 e. The van der Waals surface area contributed by atoms with E-state index in [0.717, 1.165) is 29.4 Å². The molecule has 5 rings (SSSR count). The van der Waals surface area contributed by atoms with E-state index in [0.29, 0.717) is 5.41 Å². The molecule has 4 aliphatic carbocycles. The van der Waals surface area contributed by atoms with Crippen molar-refractivity contribution in [3.8, 4) is 0 Å². The highest BCUT2D eigenvalue weighted by atomic mass is 15.0. The Labute approximate surface area is 108 Å². The van der Waals surface area contributed by atoms with Gasteiger partial charge in [0.1, 0.15) is 11.6 Å². The van der Waals surface area contributed by atoms with Crippen LogP contribution in [-0.2, 0) is 5.41 Å². The van der Waals surface area contributed by atoms with E-state index in [9.17, 15) is 0 Å². The second kappa shape index (κ2) is 3.69. The van der Waals surface area contributed by atoms with E-state index in [2.05, 4.69) is 10.3 Å². The fourth-order valence-electron chi connectivity index (χ4n) is 5.14. The summed E-state index contributed by atoms with van der Waals surface area (Å²) in [5.74, 6) is 4.96. The van der Waals surface area contributed by atoms with Crippen LogP contribution in [0.3, 0.4) is 0 Å². The van der Waals surface area contributed by atoms with Gasteiger partial charge in [0.2, 0.25) is 0 Å². The first-order valence-corrected chi connectivity index (χ1v) is 7.29. The highest BCUT2D eigenvalue weighted by Gasteiger charge is 2.53. The second-order valence-electron chi connectivity index (χ2n) is 6.71. The summed E-state index contributed by atoms with van der Waals surface area (Å²) in [6.45, 7) is 0. The molecule has 0 aliphatic heterocycles. The monoisotopic (exact) mass is 243 g/mol. The Morgan fingerprint density at radius 1 is 1.11 bits per heavy atom. The van der Waals surface area contributed by atoms with Crippen molar-refractivity contribution in [1.82, 2.24) is 9.97 Å². The van der Waals surface area contributed by atoms with Crippen molar-refractivity contribution in [1.29, 1.82) is 0 Å². The summed E-state index contributed by atoms with van der Waals surface area (Å²) in [7, 11) is 1.94. The Kier molecular flexibility index (Phi) is 2.21. The zero-order chi connectivity index (χ0) is 12.2. The summed E-state index contributed by atoms with van der Waals surface area (Å²) >= 11 is 0. The standard InChI is InChI=1S/C15H21N3/c1-16-13-2-3-17-14(18-13)15-7-10-4-11(8-15)6-12(5-10)9-15/h2-3,10-12H,4-9H2,1H3,(H,16,17,18). The Morgan fingerprint density at radius 2 is 1.72 bits per heavy atom. The maximum Gasteiger partial charge on any atom is 0.136 e. The molecule has 0 saturated heterocycles. The molecule has 4 aliphatic rings. The number of anilines is 1. The van der Waals surface area contributed by atoms with E-state index < -0.39 is 0 Å². The number of hydrogen-bond acceptors (Lipinski definition) is 3. The SMILES string of the molecule is CNc1ccnc(C23CC4CC(CC(C4)C2)C3)n1. The quantitative estimate of drug-likeness (QED) is 0.867. The van der Waals surface area contributed by atoms with Gasteiger partial charge in [0, 0.05) is 18.7 Å². The van der Waals surface area contributed by atoms with Crippen LogP contribution in [0.1, 0.15) is 44.3 Å². The van der Waals surface area contributed by atoms with Gasteiger partial charge in [-0.1, -0.05) is 0 Å². The molecule has 3 nitrogen and oxygen atoms in total. The normalized spacial score (nSPS) is 41.1. The van der Waals surface area contributed by atoms with E-state index in [1.165, 1.54) is 38.5 Å². The van der Waals surface area contributed by atoms with E-state index in [1.807, 2.05) is 19.3 Å². The van der Waals surface area contributed by atoms with Crippen molar-refractivity contribution in [3.63, 3.8) is 0 Å². The summed E-state index contributed by atoms with van der Waals surface area (Å²) in [4.78, 5) is 9.39. The fraction of sp³-hybridized carbons (Fsp3) is 0.733. The van der Waals surface area contributed by atoms with Gasteiger partial charge in [0.05, 0.1) is 0 Å². The summed E-state index contributed by atoms with van der Waals surface area (Å²) in [6.07, 6.45) is 10.4. The lowest BCUT2D eigenvalue weighted by Gasteiger charge is -2.55. The zero-order valence-corrected chi connectivity index (χ0v) is 11.0. The van der Waals surface area contributed by atoms with E-state index >= 15 is 0 Å². The number of aromatic nitrogens is 2. The summed E-state index contributed by atoms with van der Waals surface area (Å²) < 4.78 is 0. The van der Waals surface area contributed by atoms with Crippen LogP contribution in [0.15, 0.2) is 12.3 Å². The molecule has 1 N–H and O–H groups in total. The second-order valence-corrected chi connectivity index (χ2v) is 6.71. The van der Waals surface area contributed by atoms with Gasteiger partial charge in [0.25, 0.3) is 0 Å². The predicted molar refractivity (Wildman–Crippen MR) is 71.4 cm³/mol. The summed E-state index contributed by atoms with van der Waals surface area (Å²) in [5.41, 5.74) is 0.321. The lowest BCUT2D eigenvalue weighted by molar-refractivity contribution is -0.00933. The largest absolute Gasteiger partial charge is 0.373 e. The van der Waals surface area contributed by atoms with E-state index in [-0.39, 0.29) is 0 Å². The minimum atomic E-state index is 0.321.